The van der Waals surface area contributed by atoms with E-state index in [9.17, 15) is 9.59 Å². The van der Waals surface area contributed by atoms with Crippen LogP contribution in [0.3, 0.4) is 0 Å². The van der Waals surface area contributed by atoms with E-state index in [1.165, 1.54) is 12.5 Å². The summed E-state index contributed by atoms with van der Waals surface area (Å²) >= 11 is 3.32. The molecule has 0 fully saturated rings. The highest BCUT2D eigenvalue weighted by molar-refractivity contribution is 9.10. The van der Waals surface area contributed by atoms with Crippen LogP contribution in [-0.2, 0) is 16.1 Å². The molecule has 0 saturated heterocycles. The van der Waals surface area contributed by atoms with E-state index in [1.54, 1.807) is 12.1 Å². The number of halogens is 1. The summed E-state index contributed by atoms with van der Waals surface area (Å²) in [6, 6.07) is 10.7. The number of nitrogens with zero attached hydrogens (tertiary/aromatic N) is 1. The standard InChI is InChI=1S/C14H12BrN3O3/c15-11-4-1-3-10(7-11)8-17-18-14(20)13(19)16-9-12-5-2-6-21-12/h1-8H,9H2,(H,16,19)(H,18,20)/b17-8+. The van der Waals surface area contributed by atoms with Crippen LogP contribution in [0, 0.1) is 0 Å². The third kappa shape index (κ3) is 4.88. The molecule has 1 aromatic carbocycles. The van der Waals surface area contributed by atoms with Gasteiger partial charge in [0.25, 0.3) is 0 Å². The number of carbonyl (C=O) groups excluding carboxylic acids is 2. The van der Waals surface area contributed by atoms with Gasteiger partial charge in [0.2, 0.25) is 0 Å². The highest BCUT2D eigenvalue weighted by atomic mass is 79.9. The molecule has 1 heterocycles. The minimum atomic E-state index is -0.840. The number of rotatable bonds is 4. The van der Waals surface area contributed by atoms with E-state index in [1.807, 2.05) is 24.3 Å². The summed E-state index contributed by atoms with van der Waals surface area (Å²) in [5.41, 5.74) is 2.95. The SMILES string of the molecule is O=C(NCc1ccco1)C(=O)N/N=C/c1cccc(Br)c1. The van der Waals surface area contributed by atoms with Crippen molar-refractivity contribution in [3.63, 3.8) is 0 Å². The van der Waals surface area contributed by atoms with Gasteiger partial charge in [-0.25, -0.2) is 5.43 Å². The Morgan fingerprint density at radius 3 is 2.81 bits per heavy atom. The first-order valence-corrected chi connectivity index (χ1v) is 6.83. The van der Waals surface area contributed by atoms with Crippen LogP contribution in [0.15, 0.2) is 56.7 Å². The molecular formula is C14H12BrN3O3. The topological polar surface area (TPSA) is 83.7 Å². The van der Waals surface area contributed by atoms with Gasteiger partial charge >= 0.3 is 11.8 Å². The fourth-order valence-corrected chi connectivity index (χ4v) is 1.88. The van der Waals surface area contributed by atoms with Gasteiger partial charge in [-0.05, 0) is 29.8 Å². The number of hydrogen-bond acceptors (Lipinski definition) is 4. The molecule has 21 heavy (non-hydrogen) atoms. The molecule has 0 spiro atoms. The molecule has 0 unspecified atom stereocenters. The first kappa shape index (κ1) is 15.0. The predicted molar refractivity (Wildman–Crippen MR) is 80.4 cm³/mol. The molecule has 0 radical (unpaired) electrons. The molecule has 2 rings (SSSR count). The summed E-state index contributed by atoms with van der Waals surface area (Å²) in [6.45, 7) is 0.147. The van der Waals surface area contributed by atoms with Gasteiger partial charge in [0, 0.05) is 4.47 Å². The maximum Gasteiger partial charge on any atom is 0.329 e. The Bertz CT molecular complexity index is 653. The maximum absolute atomic E-state index is 11.5. The minimum Gasteiger partial charge on any atom is -0.467 e. The third-order valence-corrected chi connectivity index (χ3v) is 2.93. The molecule has 108 valence electrons. The zero-order chi connectivity index (χ0) is 15.1. The molecule has 0 saturated carbocycles. The Kier molecular flexibility index (Phi) is 5.28. The zero-order valence-corrected chi connectivity index (χ0v) is 12.5. The van der Waals surface area contributed by atoms with Gasteiger partial charge in [-0.15, -0.1) is 0 Å². The molecule has 2 aromatic rings. The van der Waals surface area contributed by atoms with Crippen molar-refractivity contribution >= 4 is 34.0 Å². The highest BCUT2D eigenvalue weighted by Crippen LogP contribution is 2.09. The summed E-state index contributed by atoms with van der Waals surface area (Å²) < 4.78 is 5.93. The average Bonchev–Trinajstić information content (AvgIpc) is 2.98. The van der Waals surface area contributed by atoms with Crippen molar-refractivity contribution in [2.45, 2.75) is 6.54 Å². The quantitative estimate of drug-likeness (QED) is 0.501. The molecule has 2 amide bonds. The van der Waals surface area contributed by atoms with Gasteiger partial charge < -0.3 is 9.73 Å². The molecule has 7 heteroatoms. The fourth-order valence-electron chi connectivity index (χ4n) is 1.46. The van der Waals surface area contributed by atoms with Crippen LogP contribution in [0.4, 0.5) is 0 Å². The summed E-state index contributed by atoms with van der Waals surface area (Å²) in [4.78, 5) is 23.0. The molecule has 0 atom stereocenters. The first-order chi connectivity index (χ1) is 10.1. The molecule has 0 aliphatic carbocycles. The lowest BCUT2D eigenvalue weighted by Crippen LogP contribution is -2.37. The van der Waals surface area contributed by atoms with E-state index in [0.717, 1.165) is 10.0 Å². The monoisotopic (exact) mass is 349 g/mol. The number of carbonyl (C=O) groups is 2. The van der Waals surface area contributed by atoms with Gasteiger partial charge in [-0.3, -0.25) is 9.59 Å². The third-order valence-electron chi connectivity index (χ3n) is 2.44. The van der Waals surface area contributed by atoms with Crippen LogP contribution in [0.25, 0.3) is 0 Å². The average molecular weight is 350 g/mol. The van der Waals surface area contributed by atoms with Crippen molar-refractivity contribution in [1.29, 1.82) is 0 Å². The minimum absolute atomic E-state index is 0.147. The van der Waals surface area contributed by atoms with E-state index < -0.39 is 11.8 Å². The van der Waals surface area contributed by atoms with Crippen LogP contribution in [0.1, 0.15) is 11.3 Å². The van der Waals surface area contributed by atoms with Gasteiger partial charge in [0.1, 0.15) is 5.76 Å². The van der Waals surface area contributed by atoms with Crippen LogP contribution in [0.2, 0.25) is 0 Å². The second-order valence-electron chi connectivity index (χ2n) is 4.02. The van der Waals surface area contributed by atoms with Crippen molar-refractivity contribution in [2.75, 3.05) is 0 Å². The van der Waals surface area contributed by atoms with Gasteiger partial charge in [0.05, 0.1) is 19.0 Å². The molecular weight excluding hydrogens is 338 g/mol. The Labute approximate surface area is 129 Å². The van der Waals surface area contributed by atoms with Crippen LogP contribution < -0.4 is 10.7 Å². The molecule has 2 N–H and O–H groups in total. The van der Waals surface area contributed by atoms with E-state index in [4.69, 9.17) is 4.42 Å². The van der Waals surface area contributed by atoms with Gasteiger partial charge in [-0.1, -0.05) is 28.1 Å². The Morgan fingerprint density at radius 2 is 2.10 bits per heavy atom. The Hall–Kier alpha value is -2.41. The Morgan fingerprint density at radius 1 is 1.24 bits per heavy atom. The molecule has 6 nitrogen and oxygen atoms in total. The van der Waals surface area contributed by atoms with Crippen LogP contribution in [0.5, 0.6) is 0 Å². The predicted octanol–water partition coefficient (Wildman–Crippen LogP) is 1.81. The lowest BCUT2D eigenvalue weighted by molar-refractivity contribution is -0.139. The lowest BCUT2D eigenvalue weighted by Gasteiger charge is -2.01. The van der Waals surface area contributed by atoms with Crippen molar-refractivity contribution in [3.8, 4) is 0 Å². The molecule has 0 aliphatic heterocycles. The normalized spacial score (nSPS) is 10.5. The highest BCUT2D eigenvalue weighted by Gasteiger charge is 2.12. The number of hydrazone groups is 1. The van der Waals surface area contributed by atoms with Crippen molar-refractivity contribution in [1.82, 2.24) is 10.7 Å². The summed E-state index contributed by atoms with van der Waals surface area (Å²) in [5.74, 6) is -1.06. The van der Waals surface area contributed by atoms with Crippen molar-refractivity contribution in [2.24, 2.45) is 5.10 Å². The summed E-state index contributed by atoms with van der Waals surface area (Å²) in [7, 11) is 0. The van der Waals surface area contributed by atoms with E-state index in [0.29, 0.717) is 5.76 Å². The fraction of sp³-hybridized carbons (Fsp3) is 0.0714. The number of furan rings is 1. The second kappa shape index (κ2) is 7.39. The Balaban J connectivity index is 1.79. The number of amides is 2. The zero-order valence-electron chi connectivity index (χ0n) is 10.9. The van der Waals surface area contributed by atoms with E-state index in [2.05, 4.69) is 31.8 Å². The number of hydrogen-bond donors (Lipinski definition) is 2. The number of nitrogens with one attached hydrogen (secondary N) is 2. The summed E-state index contributed by atoms with van der Waals surface area (Å²) in [6.07, 6.45) is 2.94. The second-order valence-corrected chi connectivity index (χ2v) is 4.93. The molecule has 1 aromatic heterocycles. The van der Waals surface area contributed by atoms with E-state index >= 15 is 0 Å². The van der Waals surface area contributed by atoms with Crippen LogP contribution >= 0.6 is 15.9 Å². The molecule has 0 bridgehead atoms. The van der Waals surface area contributed by atoms with Gasteiger partial charge in [0.15, 0.2) is 0 Å². The van der Waals surface area contributed by atoms with Gasteiger partial charge in [-0.2, -0.15) is 5.10 Å². The largest absolute Gasteiger partial charge is 0.467 e. The van der Waals surface area contributed by atoms with Crippen molar-refractivity contribution < 1.29 is 14.0 Å². The van der Waals surface area contributed by atoms with Crippen LogP contribution in [-0.4, -0.2) is 18.0 Å². The maximum atomic E-state index is 11.5. The lowest BCUT2D eigenvalue weighted by atomic mass is 10.2. The smallest absolute Gasteiger partial charge is 0.329 e. The van der Waals surface area contributed by atoms with E-state index in [-0.39, 0.29) is 6.54 Å². The van der Waals surface area contributed by atoms with Crippen molar-refractivity contribution in [3.05, 3.63) is 58.5 Å². The first-order valence-electron chi connectivity index (χ1n) is 6.04. The molecule has 0 aliphatic rings. The summed E-state index contributed by atoms with van der Waals surface area (Å²) in [5, 5.41) is 6.14. The number of benzene rings is 1.